The maximum atomic E-state index is 6.40. The van der Waals surface area contributed by atoms with Crippen LogP contribution in [0.15, 0.2) is 53.5 Å². The summed E-state index contributed by atoms with van der Waals surface area (Å²) in [5, 5.41) is 2.87. The second kappa shape index (κ2) is 7.57. The molecule has 1 fully saturated rings. The molecule has 1 saturated heterocycles. The van der Waals surface area contributed by atoms with E-state index in [-0.39, 0.29) is 6.10 Å². The molecule has 0 amide bonds. The lowest BCUT2D eigenvalue weighted by Crippen LogP contribution is -2.57. The first-order valence-electron chi connectivity index (χ1n) is 9.87. The van der Waals surface area contributed by atoms with Crippen molar-refractivity contribution in [2.24, 2.45) is 0 Å². The molecule has 1 aliphatic heterocycles. The smallest absolute Gasteiger partial charge is 0.148 e. The molecule has 4 heteroatoms. The Morgan fingerprint density at radius 1 is 1.22 bits per heavy atom. The minimum Gasteiger partial charge on any atom is -0.484 e. The fourth-order valence-corrected chi connectivity index (χ4v) is 4.73. The monoisotopic (exact) mass is 384 g/mol. The molecule has 27 heavy (non-hydrogen) atoms. The summed E-state index contributed by atoms with van der Waals surface area (Å²) in [4.78, 5) is 0. The van der Waals surface area contributed by atoms with Gasteiger partial charge in [0.05, 0.1) is 19.6 Å². The highest BCUT2D eigenvalue weighted by molar-refractivity contribution is 6.31. The number of likely N-dealkylation sites (tertiary alicyclic amines) is 1. The Bertz CT molecular complexity index is 960. The van der Waals surface area contributed by atoms with Crippen molar-refractivity contribution in [1.82, 2.24) is 0 Å². The van der Waals surface area contributed by atoms with E-state index in [0.717, 1.165) is 51.7 Å². The molecule has 1 aliphatic rings. The van der Waals surface area contributed by atoms with E-state index in [1.807, 2.05) is 24.3 Å². The lowest BCUT2D eigenvalue weighted by Gasteiger charge is -2.43. The van der Waals surface area contributed by atoms with Crippen LogP contribution in [0.4, 0.5) is 0 Å². The number of quaternary nitrogens is 1. The van der Waals surface area contributed by atoms with Crippen LogP contribution in [-0.4, -0.2) is 36.8 Å². The Balaban J connectivity index is 1.57. The fourth-order valence-electron chi connectivity index (χ4n) is 4.57. The third kappa shape index (κ3) is 3.71. The molecule has 0 bridgehead atoms. The van der Waals surface area contributed by atoms with Crippen molar-refractivity contribution in [1.29, 1.82) is 0 Å². The Morgan fingerprint density at radius 3 is 2.78 bits per heavy atom. The second-order valence-corrected chi connectivity index (χ2v) is 8.16. The number of hydrogen-bond acceptors (Lipinski definition) is 2. The molecule has 3 aromatic rings. The summed E-state index contributed by atoms with van der Waals surface area (Å²) in [5.41, 5.74) is 1.66. The van der Waals surface area contributed by atoms with Crippen LogP contribution in [-0.2, 0) is 0 Å². The summed E-state index contributed by atoms with van der Waals surface area (Å²) in [5.74, 6) is 0.882. The Morgan fingerprint density at radius 2 is 2.00 bits per heavy atom. The van der Waals surface area contributed by atoms with E-state index in [9.17, 15) is 0 Å². The van der Waals surface area contributed by atoms with Gasteiger partial charge in [-0.05, 0) is 43.2 Å². The predicted octanol–water partition coefficient (Wildman–Crippen LogP) is 6.19. The number of fused-ring (bicyclic) bond motifs is 3. The maximum absolute atomic E-state index is 6.40. The highest BCUT2D eigenvalue weighted by Crippen LogP contribution is 2.33. The van der Waals surface area contributed by atoms with Gasteiger partial charge in [0.2, 0.25) is 0 Å². The zero-order chi connectivity index (χ0) is 18.9. The zero-order valence-corrected chi connectivity index (χ0v) is 16.7. The van der Waals surface area contributed by atoms with Crippen molar-refractivity contribution in [3.05, 3.63) is 54.1 Å². The van der Waals surface area contributed by atoms with Gasteiger partial charge in [0.25, 0.3) is 0 Å². The molecule has 1 aromatic heterocycles. The lowest BCUT2D eigenvalue weighted by molar-refractivity contribution is -0.929. The fraction of sp³-hybridized carbons (Fsp3) is 0.391. The van der Waals surface area contributed by atoms with Crippen LogP contribution in [0.5, 0.6) is 5.75 Å². The van der Waals surface area contributed by atoms with Gasteiger partial charge in [-0.15, -0.1) is 0 Å². The van der Waals surface area contributed by atoms with Crippen LogP contribution < -0.4 is 4.74 Å². The van der Waals surface area contributed by atoms with Gasteiger partial charge in [0.1, 0.15) is 29.6 Å². The van der Waals surface area contributed by atoms with Gasteiger partial charge in [0, 0.05) is 34.3 Å². The molecule has 2 atom stereocenters. The van der Waals surface area contributed by atoms with Crippen LogP contribution >= 0.6 is 11.6 Å². The average molecular weight is 385 g/mol. The van der Waals surface area contributed by atoms with Gasteiger partial charge in [-0.2, -0.15) is 0 Å². The predicted molar refractivity (Wildman–Crippen MR) is 113 cm³/mol. The summed E-state index contributed by atoms with van der Waals surface area (Å²) < 4.78 is 13.5. The van der Waals surface area contributed by atoms with Crippen molar-refractivity contribution in [3.8, 4) is 5.75 Å². The van der Waals surface area contributed by atoms with E-state index in [4.69, 9.17) is 20.8 Å². The molecule has 4 rings (SSSR count). The van der Waals surface area contributed by atoms with Crippen LogP contribution in [0.1, 0.15) is 26.2 Å². The first-order valence-corrected chi connectivity index (χ1v) is 10.2. The molecule has 142 valence electrons. The molecular formula is C23H27ClNO2+. The molecule has 3 nitrogen and oxygen atoms in total. The number of piperidine rings is 1. The number of hydrogen-bond donors (Lipinski definition) is 0. The summed E-state index contributed by atoms with van der Waals surface area (Å²) in [6, 6.07) is 11.9. The van der Waals surface area contributed by atoms with E-state index >= 15 is 0 Å². The topological polar surface area (TPSA) is 22.4 Å². The van der Waals surface area contributed by atoms with Crippen molar-refractivity contribution in [2.75, 3.05) is 26.2 Å². The molecular weight excluding hydrogens is 358 g/mol. The summed E-state index contributed by atoms with van der Waals surface area (Å²) in [6.07, 6.45) is 5.79. The molecule has 0 radical (unpaired) electrons. The van der Waals surface area contributed by atoms with Gasteiger partial charge in [-0.3, -0.25) is 0 Å². The largest absolute Gasteiger partial charge is 0.484 e. The number of ether oxygens (including phenoxy) is 1. The van der Waals surface area contributed by atoms with E-state index in [2.05, 4.69) is 31.7 Å². The van der Waals surface area contributed by atoms with Crippen molar-refractivity contribution in [2.45, 2.75) is 32.3 Å². The third-order valence-electron chi connectivity index (χ3n) is 5.67. The molecule has 0 aliphatic carbocycles. The summed E-state index contributed by atoms with van der Waals surface area (Å²) in [7, 11) is 0. The van der Waals surface area contributed by atoms with E-state index in [1.54, 1.807) is 0 Å². The van der Waals surface area contributed by atoms with Crippen LogP contribution in [0.3, 0.4) is 0 Å². The van der Waals surface area contributed by atoms with Crippen LogP contribution in [0, 0.1) is 0 Å². The van der Waals surface area contributed by atoms with Gasteiger partial charge in [-0.25, -0.2) is 0 Å². The van der Waals surface area contributed by atoms with Crippen LogP contribution in [0.2, 0.25) is 5.02 Å². The number of rotatable bonds is 6. The van der Waals surface area contributed by atoms with Gasteiger partial charge in [0.15, 0.2) is 0 Å². The normalized spacial score (nSPS) is 23.0. The van der Waals surface area contributed by atoms with Crippen molar-refractivity contribution in [3.63, 3.8) is 0 Å². The maximum Gasteiger partial charge on any atom is 0.148 e. The number of furan rings is 1. The molecule has 0 saturated carbocycles. The highest BCUT2D eigenvalue weighted by atomic mass is 35.5. The SMILES string of the molecule is C=CC[N+]1(CCC)CCCC(Oc2ccc3c(c2)oc2cc(Cl)ccc23)C1. The minimum absolute atomic E-state index is 0.238. The standard InChI is InChI=1S/C23H27ClNO2/c1-3-11-25(12-4-2)13-5-6-19(16-25)26-18-8-10-21-20-9-7-17(24)14-22(20)27-23(21)15-18/h3,7-10,14-15,19H,1,4-6,11-13,16H2,2H3/q+1. The van der Waals surface area contributed by atoms with Gasteiger partial charge in [-0.1, -0.05) is 25.1 Å². The highest BCUT2D eigenvalue weighted by Gasteiger charge is 2.34. The molecule has 0 spiro atoms. The number of halogens is 1. The molecule has 2 unspecified atom stereocenters. The van der Waals surface area contributed by atoms with Gasteiger partial charge < -0.3 is 13.6 Å². The summed E-state index contributed by atoms with van der Waals surface area (Å²) >= 11 is 6.09. The van der Waals surface area contributed by atoms with Gasteiger partial charge >= 0.3 is 0 Å². The zero-order valence-electron chi connectivity index (χ0n) is 15.9. The Hall–Kier alpha value is -1.97. The number of nitrogens with zero attached hydrogens (tertiary/aromatic N) is 1. The summed E-state index contributed by atoms with van der Waals surface area (Å²) in [6.45, 7) is 10.7. The van der Waals surface area contributed by atoms with E-state index in [1.165, 1.54) is 25.9 Å². The molecule has 2 heterocycles. The Kier molecular flexibility index (Phi) is 5.16. The minimum atomic E-state index is 0.238. The first-order chi connectivity index (χ1) is 13.1. The number of benzene rings is 2. The van der Waals surface area contributed by atoms with E-state index < -0.39 is 0 Å². The quantitative estimate of drug-likeness (QED) is 0.373. The van der Waals surface area contributed by atoms with Crippen molar-refractivity contribution >= 4 is 33.5 Å². The second-order valence-electron chi connectivity index (χ2n) is 7.73. The first kappa shape index (κ1) is 18.4. The van der Waals surface area contributed by atoms with Crippen molar-refractivity contribution < 1.29 is 13.6 Å². The lowest BCUT2D eigenvalue weighted by atomic mass is 10.0. The third-order valence-corrected chi connectivity index (χ3v) is 5.91. The average Bonchev–Trinajstić information content (AvgIpc) is 2.98. The molecule has 0 N–H and O–H groups in total. The molecule has 2 aromatic carbocycles. The Labute approximate surface area is 165 Å². The van der Waals surface area contributed by atoms with Crippen LogP contribution in [0.25, 0.3) is 21.9 Å². The van der Waals surface area contributed by atoms with E-state index in [0.29, 0.717) is 5.02 Å².